The highest BCUT2D eigenvalue weighted by atomic mass is 16.3. The average molecular weight is 341 g/mol. The second-order valence-corrected chi connectivity index (χ2v) is 6.15. The first kappa shape index (κ1) is 18.5. The van der Waals surface area contributed by atoms with Gasteiger partial charge in [-0.25, -0.2) is 0 Å². The Bertz CT molecular complexity index is 729. The van der Waals surface area contributed by atoms with Crippen molar-refractivity contribution in [3.05, 3.63) is 65.5 Å². The third-order valence-corrected chi connectivity index (χ3v) is 4.18. The lowest BCUT2D eigenvalue weighted by atomic mass is 10.0. The minimum Gasteiger partial charge on any atom is -0.508 e. The summed E-state index contributed by atoms with van der Waals surface area (Å²) in [7, 11) is 0. The van der Waals surface area contributed by atoms with Crippen LogP contribution in [0.2, 0.25) is 0 Å². The van der Waals surface area contributed by atoms with Gasteiger partial charge in [-0.05, 0) is 29.7 Å². The fourth-order valence-corrected chi connectivity index (χ4v) is 2.46. The quantitative estimate of drug-likeness (QED) is 0.321. The molecule has 25 heavy (non-hydrogen) atoms. The Hall–Kier alpha value is -2.82. The van der Waals surface area contributed by atoms with E-state index in [9.17, 15) is 19.8 Å². The molecule has 0 aromatic heterocycles. The molecular weight excluding hydrogens is 318 g/mol. The van der Waals surface area contributed by atoms with Gasteiger partial charge in [-0.1, -0.05) is 50.6 Å². The summed E-state index contributed by atoms with van der Waals surface area (Å²) in [6.45, 7) is 4.15. The molecule has 1 amide bonds. The predicted octanol–water partition coefficient (Wildman–Crippen LogP) is 2.97. The summed E-state index contributed by atoms with van der Waals surface area (Å²) in [6, 6.07) is 5.72. The first-order valence-electron chi connectivity index (χ1n) is 8.33. The number of amides is 1. The maximum atomic E-state index is 12.4. The van der Waals surface area contributed by atoms with Gasteiger partial charge in [0.15, 0.2) is 5.78 Å². The fourth-order valence-electron chi connectivity index (χ4n) is 2.46. The first-order valence-corrected chi connectivity index (χ1v) is 8.33. The zero-order valence-corrected chi connectivity index (χ0v) is 14.4. The number of aromatic hydroxyl groups is 1. The second kappa shape index (κ2) is 8.33. The van der Waals surface area contributed by atoms with Crippen LogP contribution in [0.4, 0.5) is 0 Å². The number of phenolic OH excluding ortho intramolecular Hbond substituents is 1. The van der Waals surface area contributed by atoms with E-state index in [1.807, 2.05) is 6.08 Å². The lowest BCUT2D eigenvalue weighted by Gasteiger charge is -2.07. The summed E-state index contributed by atoms with van der Waals surface area (Å²) < 4.78 is 0. The van der Waals surface area contributed by atoms with Gasteiger partial charge in [-0.15, -0.1) is 0 Å². The molecule has 0 spiro atoms. The topological polar surface area (TPSA) is 86.6 Å². The molecule has 5 heteroatoms. The molecule has 0 aliphatic carbocycles. The number of aliphatic hydroxyl groups is 1. The Morgan fingerprint density at radius 1 is 1.24 bits per heavy atom. The largest absolute Gasteiger partial charge is 0.508 e. The number of hydrogen-bond acceptors (Lipinski definition) is 4. The van der Waals surface area contributed by atoms with E-state index in [2.05, 4.69) is 19.2 Å². The lowest BCUT2D eigenvalue weighted by molar-refractivity contribution is -0.117. The number of allylic oxidation sites excluding steroid dienone is 4. The van der Waals surface area contributed by atoms with Crippen LogP contribution in [-0.2, 0) is 16.0 Å². The molecule has 2 rings (SSSR count). The summed E-state index contributed by atoms with van der Waals surface area (Å²) in [6.07, 6.45) is 8.06. The number of Topliss-reactive ketones (excluding diaryl/α,β-unsaturated/α-hetero) is 1. The van der Waals surface area contributed by atoms with E-state index in [0.717, 1.165) is 12.0 Å². The van der Waals surface area contributed by atoms with Crippen LogP contribution in [0.1, 0.15) is 25.8 Å². The van der Waals surface area contributed by atoms with Crippen molar-refractivity contribution in [3.63, 3.8) is 0 Å². The Balaban J connectivity index is 2.10. The highest BCUT2D eigenvalue weighted by Crippen LogP contribution is 2.19. The summed E-state index contributed by atoms with van der Waals surface area (Å²) in [5, 5.41) is 22.0. The van der Waals surface area contributed by atoms with Crippen molar-refractivity contribution in [2.75, 3.05) is 0 Å². The molecule has 1 aliphatic rings. The number of phenols is 1. The van der Waals surface area contributed by atoms with E-state index in [-0.39, 0.29) is 17.1 Å². The van der Waals surface area contributed by atoms with Crippen molar-refractivity contribution in [2.45, 2.75) is 32.7 Å². The van der Waals surface area contributed by atoms with Crippen molar-refractivity contribution in [1.29, 1.82) is 0 Å². The van der Waals surface area contributed by atoms with E-state index in [0.29, 0.717) is 12.3 Å². The Morgan fingerprint density at radius 2 is 1.92 bits per heavy atom. The minimum absolute atomic E-state index is 0.138. The van der Waals surface area contributed by atoms with Gasteiger partial charge in [0, 0.05) is 6.42 Å². The maximum absolute atomic E-state index is 12.4. The first-order chi connectivity index (χ1) is 11.9. The molecule has 1 aromatic rings. The van der Waals surface area contributed by atoms with Crippen molar-refractivity contribution < 1.29 is 19.8 Å². The van der Waals surface area contributed by atoms with E-state index in [1.54, 1.807) is 24.3 Å². The minimum atomic E-state index is -0.710. The molecular formula is C20H23NO4. The molecule has 3 N–H and O–H groups in total. The van der Waals surface area contributed by atoms with Crippen LogP contribution in [0, 0.1) is 5.92 Å². The molecule has 1 fully saturated rings. The summed E-state index contributed by atoms with van der Waals surface area (Å²) in [4.78, 5) is 24.4. The van der Waals surface area contributed by atoms with Gasteiger partial charge in [0.25, 0.3) is 5.91 Å². The molecule has 1 heterocycles. The predicted molar refractivity (Wildman–Crippen MR) is 96.1 cm³/mol. The maximum Gasteiger partial charge on any atom is 0.259 e. The highest BCUT2D eigenvalue weighted by molar-refractivity contribution is 6.27. The second-order valence-electron chi connectivity index (χ2n) is 6.15. The highest BCUT2D eigenvalue weighted by Gasteiger charge is 2.37. The number of aliphatic hydroxyl groups excluding tert-OH is 1. The van der Waals surface area contributed by atoms with Crippen LogP contribution in [0.3, 0.4) is 0 Å². The van der Waals surface area contributed by atoms with Crippen molar-refractivity contribution in [2.24, 2.45) is 5.92 Å². The number of carbonyl (C=O) groups excluding carboxylic acids is 2. The third-order valence-electron chi connectivity index (χ3n) is 4.18. The Morgan fingerprint density at radius 3 is 2.56 bits per heavy atom. The SMILES string of the molecule is CCC(C)C=CC=CC(O)=C1C(=O)NC(Cc2ccc(O)cc2)C1=O. The molecule has 0 radical (unpaired) electrons. The smallest absolute Gasteiger partial charge is 0.259 e. The molecule has 0 bridgehead atoms. The van der Waals surface area contributed by atoms with Crippen molar-refractivity contribution in [1.82, 2.24) is 5.32 Å². The van der Waals surface area contributed by atoms with Gasteiger partial charge >= 0.3 is 0 Å². The zero-order chi connectivity index (χ0) is 18.4. The van der Waals surface area contributed by atoms with Gasteiger partial charge in [0.2, 0.25) is 0 Å². The normalized spacial score (nSPS) is 21.1. The number of hydrogen-bond donors (Lipinski definition) is 3. The molecule has 0 saturated carbocycles. The van der Waals surface area contributed by atoms with Crippen LogP contribution >= 0.6 is 0 Å². The number of benzene rings is 1. The molecule has 1 aliphatic heterocycles. The zero-order valence-electron chi connectivity index (χ0n) is 14.4. The van der Waals surface area contributed by atoms with E-state index < -0.39 is 17.7 Å². The van der Waals surface area contributed by atoms with Gasteiger partial charge < -0.3 is 15.5 Å². The average Bonchev–Trinajstić information content (AvgIpc) is 2.87. The number of rotatable bonds is 6. The standard InChI is InChI=1S/C20H23NO4/c1-3-13(2)6-4-5-7-17(23)18-19(24)16(21-20(18)25)12-14-8-10-15(22)11-9-14/h4-11,13,16,22-23H,3,12H2,1-2H3,(H,21,25). The van der Waals surface area contributed by atoms with Crippen LogP contribution < -0.4 is 5.32 Å². The molecule has 5 nitrogen and oxygen atoms in total. The van der Waals surface area contributed by atoms with Gasteiger partial charge in [0.05, 0.1) is 6.04 Å². The van der Waals surface area contributed by atoms with Crippen molar-refractivity contribution >= 4 is 11.7 Å². The molecule has 2 atom stereocenters. The van der Waals surface area contributed by atoms with Crippen LogP contribution in [0.5, 0.6) is 5.75 Å². The monoisotopic (exact) mass is 341 g/mol. The van der Waals surface area contributed by atoms with Gasteiger partial charge in [0.1, 0.15) is 17.1 Å². The summed E-state index contributed by atoms with van der Waals surface area (Å²) in [5.74, 6) is -0.762. The van der Waals surface area contributed by atoms with Gasteiger partial charge in [-0.3, -0.25) is 9.59 Å². The molecule has 132 valence electrons. The van der Waals surface area contributed by atoms with E-state index in [1.165, 1.54) is 18.2 Å². The Labute approximate surface area is 147 Å². The van der Waals surface area contributed by atoms with Crippen molar-refractivity contribution in [3.8, 4) is 5.75 Å². The van der Waals surface area contributed by atoms with Crippen LogP contribution in [-0.4, -0.2) is 27.9 Å². The third kappa shape index (κ3) is 4.83. The van der Waals surface area contributed by atoms with Crippen LogP contribution in [0.15, 0.2) is 59.9 Å². The lowest BCUT2D eigenvalue weighted by Crippen LogP contribution is -2.31. The Kier molecular flexibility index (Phi) is 6.17. The number of ketones is 1. The fraction of sp³-hybridized carbons (Fsp3) is 0.300. The molecule has 1 saturated heterocycles. The number of nitrogens with one attached hydrogen (secondary N) is 1. The summed E-state index contributed by atoms with van der Waals surface area (Å²) in [5.41, 5.74) is 0.598. The van der Waals surface area contributed by atoms with Gasteiger partial charge in [-0.2, -0.15) is 0 Å². The van der Waals surface area contributed by atoms with E-state index in [4.69, 9.17) is 0 Å². The molecule has 2 unspecified atom stereocenters. The van der Waals surface area contributed by atoms with E-state index >= 15 is 0 Å². The molecule has 1 aromatic carbocycles. The van der Waals surface area contributed by atoms with Crippen LogP contribution in [0.25, 0.3) is 0 Å². The summed E-state index contributed by atoms with van der Waals surface area (Å²) >= 11 is 0. The number of carbonyl (C=O) groups is 2.